The van der Waals surface area contributed by atoms with Crippen molar-refractivity contribution in [2.45, 2.75) is 37.6 Å². The number of sulfone groups is 1. The minimum atomic E-state index is -3.56. The Labute approximate surface area is 141 Å². The Bertz CT molecular complexity index is 644. The molecular formula is C15H21ClN2O4S. The first kappa shape index (κ1) is 19.4. The average Bonchev–Trinajstić information content (AvgIpc) is 2.51. The molecule has 2 N–H and O–H groups in total. The fourth-order valence-electron chi connectivity index (χ4n) is 1.77. The van der Waals surface area contributed by atoms with Crippen LogP contribution in [0.2, 0.25) is 5.02 Å². The van der Waals surface area contributed by atoms with Gasteiger partial charge in [0.2, 0.25) is 11.8 Å². The Morgan fingerprint density at radius 2 is 1.83 bits per heavy atom. The Morgan fingerprint density at radius 3 is 2.39 bits per heavy atom. The van der Waals surface area contributed by atoms with Crippen molar-refractivity contribution in [3.8, 4) is 0 Å². The molecule has 0 aliphatic rings. The van der Waals surface area contributed by atoms with Gasteiger partial charge in [-0.2, -0.15) is 0 Å². The first-order valence-corrected chi connectivity index (χ1v) is 9.34. The maximum absolute atomic E-state index is 12.1. The van der Waals surface area contributed by atoms with E-state index in [1.807, 2.05) is 6.92 Å². The van der Waals surface area contributed by atoms with Gasteiger partial charge >= 0.3 is 0 Å². The van der Waals surface area contributed by atoms with Gasteiger partial charge in [0.1, 0.15) is 6.04 Å². The number of rotatable bonds is 8. The highest BCUT2D eigenvalue weighted by Crippen LogP contribution is 2.15. The van der Waals surface area contributed by atoms with Crippen LogP contribution in [-0.2, 0) is 19.4 Å². The third-order valence-corrected chi connectivity index (χ3v) is 5.07. The predicted molar refractivity (Wildman–Crippen MR) is 89.0 cm³/mol. The Kier molecular flexibility index (Phi) is 7.51. The van der Waals surface area contributed by atoms with Gasteiger partial charge in [-0.3, -0.25) is 9.59 Å². The molecular weight excluding hydrogens is 340 g/mol. The SMILES string of the molecule is CCCNC(=O)[C@@H](C)NC(=O)CCS(=O)(=O)c1ccc(Cl)cc1. The zero-order chi connectivity index (χ0) is 17.5. The lowest BCUT2D eigenvalue weighted by molar-refractivity contribution is -0.128. The molecule has 23 heavy (non-hydrogen) atoms. The highest BCUT2D eigenvalue weighted by atomic mass is 35.5. The van der Waals surface area contributed by atoms with E-state index in [2.05, 4.69) is 10.6 Å². The molecule has 2 amide bonds. The normalized spacial score (nSPS) is 12.5. The molecule has 0 unspecified atom stereocenters. The lowest BCUT2D eigenvalue weighted by Gasteiger charge is -2.13. The standard InChI is InChI=1S/C15H21ClN2O4S/c1-3-9-17-15(20)11(2)18-14(19)8-10-23(21,22)13-6-4-12(16)5-7-13/h4-7,11H,3,8-10H2,1-2H3,(H,17,20)(H,18,19)/t11-/m1/s1. The van der Waals surface area contributed by atoms with Crippen LogP contribution < -0.4 is 10.6 Å². The number of carbonyl (C=O) groups is 2. The van der Waals surface area contributed by atoms with Crippen molar-refractivity contribution in [2.75, 3.05) is 12.3 Å². The molecule has 0 aliphatic heterocycles. The molecule has 0 aromatic heterocycles. The summed E-state index contributed by atoms with van der Waals surface area (Å²) in [4.78, 5) is 23.5. The number of nitrogens with one attached hydrogen (secondary N) is 2. The zero-order valence-electron chi connectivity index (χ0n) is 13.1. The van der Waals surface area contributed by atoms with E-state index in [4.69, 9.17) is 11.6 Å². The van der Waals surface area contributed by atoms with Crippen molar-refractivity contribution >= 4 is 33.3 Å². The summed E-state index contributed by atoms with van der Waals surface area (Å²) in [5.41, 5.74) is 0. The molecule has 0 radical (unpaired) electrons. The fourth-order valence-corrected chi connectivity index (χ4v) is 3.13. The molecule has 0 saturated heterocycles. The van der Waals surface area contributed by atoms with Gasteiger partial charge in [0, 0.05) is 18.0 Å². The summed E-state index contributed by atoms with van der Waals surface area (Å²) in [5, 5.41) is 5.58. The topological polar surface area (TPSA) is 92.3 Å². The van der Waals surface area contributed by atoms with Crippen LogP contribution in [0.15, 0.2) is 29.2 Å². The molecule has 8 heteroatoms. The van der Waals surface area contributed by atoms with Crippen molar-refractivity contribution in [1.29, 1.82) is 0 Å². The lowest BCUT2D eigenvalue weighted by Crippen LogP contribution is -2.45. The van der Waals surface area contributed by atoms with E-state index in [0.29, 0.717) is 11.6 Å². The van der Waals surface area contributed by atoms with Gasteiger partial charge in [0.15, 0.2) is 9.84 Å². The number of hydrogen-bond donors (Lipinski definition) is 2. The molecule has 1 rings (SSSR count). The van der Waals surface area contributed by atoms with Crippen LogP contribution in [0.5, 0.6) is 0 Å². The number of hydrogen-bond acceptors (Lipinski definition) is 4. The second-order valence-corrected chi connectivity index (χ2v) is 7.65. The second-order valence-electron chi connectivity index (χ2n) is 5.10. The van der Waals surface area contributed by atoms with Crippen molar-refractivity contribution in [3.05, 3.63) is 29.3 Å². The lowest BCUT2D eigenvalue weighted by atomic mass is 10.3. The van der Waals surface area contributed by atoms with Gasteiger partial charge < -0.3 is 10.6 Å². The van der Waals surface area contributed by atoms with Gasteiger partial charge in [-0.05, 0) is 37.6 Å². The van der Waals surface area contributed by atoms with Crippen LogP contribution in [0.1, 0.15) is 26.7 Å². The Hall–Kier alpha value is -1.60. The highest BCUT2D eigenvalue weighted by molar-refractivity contribution is 7.91. The van der Waals surface area contributed by atoms with E-state index in [0.717, 1.165) is 6.42 Å². The van der Waals surface area contributed by atoms with Crippen LogP contribution in [0.4, 0.5) is 0 Å². The molecule has 0 heterocycles. The molecule has 1 atom stereocenters. The molecule has 0 aliphatic carbocycles. The number of benzene rings is 1. The summed E-state index contributed by atoms with van der Waals surface area (Å²) in [6.07, 6.45) is 0.585. The Balaban J connectivity index is 2.52. The van der Waals surface area contributed by atoms with Crippen LogP contribution in [0.25, 0.3) is 0 Å². The zero-order valence-corrected chi connectivity index (χ0v) is 14.7. The average molecular weight is 361 g/mol. The third kappa shape index (κ3) is 6.58. The summed E-state index contributed by atoms with van der Waals surface area (Å²) in [7, 11) is -3.56. The van der Waals surface area contributed by atoms with Gasteiger partial charge in [-0.1, -0.05) is 18.5 Å². The van der Waals surface area contributed by atoms with Crippen LogP contribution >= 0.6 is 11.6 Å². The fraction of sp³-hybridized carbons (Fsp3) is 0.467. The number of carbonyl (C=O) groups excluding carboxylic acids is 2. The van der Waals surface area contributed by atoms with E-state index >= 15 is 0 Å². The van der Waals surface area contributed by atoms with E-state index in [9.17, 15) is 18.0 Å². The molecule has 1 aromatic rings. The third-order valence-electron chi connectivity index (χ3n) is 3.09. The molecule has 0 spiro atoms. The first-order chi connectivity index (χ1) is 10.8. The summed E-state index contributed by atoms with van der Waals surface area (Å²) < 4.78 is 24.2. The van der Waals surface area contributed by atoms with E-state index in [1.54, 1.807) is 6.92 Å². The second kappa shape index (κ2) is 8.88. The first-order valence-electron chi connectivity index (χ1n) is 7.31. The Morgan fingerprint density at radius 1 is 1.22 bits per heavy atom. The summed E-state index contributed by atoms with van der Waals surface area (Å²) >= 11 is 5.72. The molecule has 0 bridgehead atoms. The quantitative estimate of drug-likeness (QED) is 0.735. The van der Waals surface area contributed by atoms with Gasteiger partial charge in [0.05, 0.1) is 10.6 Å². The number of amides is 2. The van der Waals surface area contributed by atoms with Gasteiger partial charge in [0.25, 0.3) is 0 Å². The summed E-state index contributed by atoms with van der Waals surface area (Å²) in [6, 6.07) is 5.06. The molecule has 6 nitrogen and oxygen atoms in total. The maximum Gasteiger partial charge on any atom is 0.242 e. The summed E-state index contributed by atoms with van der Waals surface area (Å²) in [6.45, 7) is 4.01. The number of halogens is 1. The summed E-state index contributed by atoms with van der Waals surface area (Å²) in [5.74, 6) is -1.11. The largest absolute Gasteiger partial charge is 0.354 e. The maximum atomic E-state index is 12.1. The molecule has 0 saturated carbocycles. The van der Waals surface area contributed by atoms with Crippen molar-refractivity contribution < 1.29 is 18.0 Å². The van der Waals surface area contributed by atoms with Crippen LogP contribution in [0.3, 0.4) is 0 Å². The van der Waals surface area contributed by atoms with E-state index < -0.39 is 21.8 Å². The van der Waals surface area contributed by atoms with Gasteiger partial charge in [-0.15, -0.1) is 0 Å². The minimum Gasteiger partial charge on any atom is -0.354 e. The molecule has 0 fully saturated rings. The van der Waals surface area contributed by atoms with E-state index in [-0.39, 0.29) is 23.0 Å². The van der Waals surface area contributed by atoms with Gasteiger partial charge in [-0.25, -0.2) is 8.42 Å². The van der Waals surface area contributed by atoms with Crippen LogP contribution in [-0.4, -0.2) is 38.6 Å². The molecule has 1 aromatic carbocycles. The highest BCUT2D eigenvalue weighted by Gasteiger charge is 2.19. The predicted octanol–water partition coefficient (Wildman–Crippen LogP) is 1.53. The minimum absolute atomic E-state index is 0.114. The smallest absolute Gasteiger partial charge is 0.242 e. The van der Waals surface area contributed by atoms with Crippen molar-refractivity contribution in [3.63, 3.8) is 0 Å². The monoisotopic (exact) mass is 360 g/mol. The van der Waals surface area contributed by atoms with Crippen molar-refractivity contribution in [1.82, 2.24) is 10.6 Å². The molecule has 128 valence electrons. The van der Waals surface area contributed by atoms with Crippen LogP contribution in [0, 0.1) is 0 Å². The van der Waals surface area contributed by atoms with Crippen molar-refractivity contribution in [2.24, 2.45) is 0 Å². The van der Waals surface area contributed by atoms with E-state index in [1.165, 1.54) is 24.3 Å².